The quantitative estimate of drug-likeness (QED) is 0.582. The summed E-state index contributed by atoms with van der Waals surface area (Å²) in [6, 6.07) is 13.2. The minimum absolute atomic E-state index is 0.0848. The number of nitrogens with one attached hydrogen (secondary N) is 1. The van der Waals surface area contributed by atoms with Gasteiger partial charge in [0.2, 0.25) is 11.8 Å². The molecule has 2 aromatic carbocycles. The number of carbonyl (C=O) groups is 2. The fourth-order valence-electron chi connectivity index (χ4n) is 2.85. The number of rotatable bonds is 7. The van der Waals surface area contributed by atoms with E-state index in [-0.39, 0.29) is 29.4 Å². The van der Waals surface area contributed by atoms with Crippen LogP contribution in [-0.2, 0) is 9.59 Å². The van der Waals surface area contributed by atoms with Crippen LogP contribution in [0.15, 0.2) is 60.0 Å². The van der Waals surface area contributed by atoms with Crippen LogP contribution in [0, 0.1) is 5.82 Å². The van der Waals surface area contributed by atoms with E-state index in [1.807, 2.05) is 19.1 Å². The Labute approximate surface area is 178 Å². The van der Waals surface area contributed by atoms with Crippen LogP contribution in [-0.4, -0.2) is 44.3 Å². The van der Waals surface area contributed by atoms with E-state index < -0.39 is 0 Å². The molecule has 3 rings (SSSR count). The summed E-state index contributed by atoms with van der Waals surface area (Å²) in [4.78, 5) is 25.6. The van der Waals surface area contributed by atoms with Crippen molar-refractivity contribution in [2.75, 3.05) is 18.1 Å². The number of hydrogen-bond donors (Lipinski definition) is 1. The summed E-state index contributed by atoms with van der Waals surface area (Å²) in [6.07, 6.45) is 1.56. The molecule has 0 aliphatic carbocycles. The maximum atomic E-state index is 13.1. The summed E-state index contributed by atoms with van der Waals surface area (Å²) in [6.45, 7) is 3.34. The molecule has 1 atom stereocenters. The van der Waals surface area contributed by atoms with Gasteiger partial charge in [0.05, 0.1) is 17.5 Å². The molecule has 0 aliphatic heterocycles. The molecule has 1 heterocycles. The maximum absolute atomic E-state index is 13.1. The number of hydrogen-bond acceptors (Lipinski definition) is 5. The normalized spacial score (nSPS) is 11.7. The van der Waals surface area contributed by atoms with Gasteiger partial charge in [-0.15, -0.1) is 10.2 Å². The molecule has 0 radical (unpaired) electrons. The topological polar surface area (TPSA) is 80.1 Å². The summed E-state index contributed by atoms with van der Waals surface area (Å²) in [5.74, 6) is -0.378. The van der Waals surface area contributed by atoms with E-state index in [9.17, 15) is 14.0 Å². The lowest BCUT2D eigenvalue weighted by Crippen LogP contribution is -2.31. The first-order valence-electron chi connectivity index (χ1n) is 9.27. The molecule has 9 heteroatoms. The minimum atomic E-state index is -0.308. The van der Waals surface area contributed by atoms with Gasteiger partial charge in [-0.1, -0.05) is 30.0 Å². The van der Waals surface area contributed by atoms with Crippen molar-refractivity contribution < 1.29 is 14.0 Å². The van der Waals surface area contributed by atoms with Crippen LogP contribution < -0.4 is 5.32 Å². The highest BCUT2D eigenvalue weighted by Gasteiger charge is 2.19. The number of thioether (sulfide) groups is 1. The Balaban J connectivity index is 1.67. The zero-order chi connectivity index (χ0) is 21.7. The first-order valence-corrected chi connectivity index (χ1v) is 10.3. The highest BCUT2D eigenvalue weighted by molar-refractivity contribution is 7.99. The molecular weight excluding hydrogens is 405 g/mol. The number of aromatic nitrogens is 3. The van der Waals surface area contributed by atoms with Crippen LogP contribution in [0.2, 0.25) is 0 Å². The minimum Gasteiger partial charge on any atom is -0.338 e. The Hall–Kier alpha value is -3.20. The third kappa shape index (κ3) is 5.24. The second-order valence-corrected chi connectivity index (χ2v) is 7.68. The van der Waals surface area contributed by atoms with Crippen molar-refractivity contribution in [2.24, 2.45) is 0 Å². The van der Waals surface area contributed by atoms with E-state index in [2.05, 4.69) is 15.5 Å². The highest BCUT2D eigenvalue weighted by atomic mass is 32.2. The molecular formula is C21H22FN5O2S. The van der Waals surface area contributed by atoms with Gasteiger partial charge in [0, 0.05) is 19.7 Å². The molecule has 0 saturated heterocycles. The third-order valence-electron chi connectivity index (χ3n) is 4.61. The Morgan fingerprint density at radius 2 is 1.97 bits per heavy atom. The fraction of sp³-hybridized carbons (Fsp3) is 0.238. The van der Waals surface area contributed by atoms with E-state index in [1.165, 1.54) is 30.8 Å². The number of benzene rings is 2. The Bertz CT molecular complexity index is 1040. The lowest BCUT2D eigenvalue weighted by atomic mass is 10.1. The molecule has 0 fully saturated rings. The predicted molar refractivity (Wildman–Crippen MR) is 114 cm³/mol. The van der Waals surface area contributed by atoms with E-state index in [0.29, 0.717) is 10.8 Å². The molecule has 3 aromatic rings. The molecule has 30 heavy (non-hydrogen) atoms. The van der Waals surface area contributed by atoms with Gasteiger partial charge in [-0.25, -0.2) is 4.39 Å². The van der Waals surface area contributed by atoms with Crippen molar-refractivity contribution in [1.82, 2.24) is 19.7 Å². The van der Waals surface area contributed by atoms with Gasteiger partial charge in [0.25, 0.3) is 0 Å². The lowest BCUT2D eigenvalue weighted by molar-refractivity contribution is -0.129. The number of carbonyl (C=O) groups excluding carboxylic acids is 2. The van der Waals surface area contributed by atoms with Gasteiger partial charge in [-0.2, -0.15) is 0 Å². The maximum Gasteiger partial charge on any atom is 0.233 e. The molecule has 0 aliphatic rings. The first kappa shape index (κ1) is 21.5. The molecule has 156 valence electrons. The van der Waals surface area contributed by atoms with Gasteiger partial charge in [0.1, 0.15) is 12.1 Å². The van der Waals surface area contributed by atoms with Crippen molar-refractivity contribution in [3.8, 4) is 5.69 Å². The molecule has 2 amide bonds. The molecule has 7 nitrogen and oxygen atoms in total. The number of anilines is 1. The van der Waals surface area contributed by atoms with Crippen molar-refractivity contribution in [2.45, 2.75) is 25.0 Å². The molecule has 1 N–H and O–H groups in total. The monoisotopic (exact) mass is 427 g/mol. The van der Waals surface area contributed by atoms with Crippen LogP contribution in [0.4, 0.5) is 10.1 Å². The zero-order valence-corrected chi connectivity index (χ0v) is 17.7. The second kappa shape index (κ2) is 9.53. The van der Waals surface area contributed by atoms with Gasteiger partial charge >= 0.3 is 0 Å². The van der Waals surface area contributed by atoms with E-state index in [4.69, 9.17) is 0 Å². The predicted octanol–water partition coefficient (Wildman–Crippen LogP) is 3.68. The summed E-state index contributed by atoms with van der Waals surface area (Å²) < 4.78 is 14.9. The summed E-state index contributed by atoms with van der Waals surface area (Å²) >= 11 is 1.27. The van der Waals surface area contributed by atoms with Crippen LogP contribution >= 0.6 is 11.8 Å². The number of halogens is 1. The first-order chi connectivity index (χ1) is 14.3. The molecule has 0 bridgehead atoms. The van der Waals surface area contributed by atoms with E-state index in [1.54, 1.807) is 47.1 Å². The van der Waals surface area contributed by atoms with Crippen LogP contribution in [0.3, 0.4) is 0 Å². The third-order valence-corrected chi connectivity index (χ3v) is 5.54. The smallest absolute Gasteiger partial charge is 0.233 e. The van der Waals surface area contributed by atoms with Crippen LogP contribution in [0.5, 0.6) is 0 Å². The summed E-state index contributed by atoms with van der Waals surface area (Å²) in [5, 5.41) is 11.4. The van der Waals surface area contributed by atoms with E-state index >= 15 is 0 Å². The summed E-state index contributed by atoms with van der Waals surface area (Å²) in [7, 11) is 1.72. The highest BCUT2D eigenvalue weighted by Crippen LogP contribution is 2.24. The largest absolute Gasteiger partial charge is 0.338 e. The molecule has 0 saturated carbocycles. The lowest BCUT2D eigenvalue weighted by Gasteiger charge is -2.25. The van der Waals surface area contributed by atoms with Crippen molar-refractivity contribution >= 4 is 29.3 Å². The molecule has 1 unspecified atom stereocenters. The van der Waals surface area contributed by atoms with Gasteiger partial charge < -0.3 is 10.2 Å². The van der Waals surface area contributed by atoms with Gasteiger partial charge in [-0.05, 0) is 42.8 Å². The number of nitrogens with zero attached hydrogens (tertiary/aromatic N) is 4. The van der Waals surface area contributed by atoms with Crippen molar-refractivity contribution in [3.05, 3.63) is 66.2 Å². The van der Waals surface area contributed by atoms with Gasteiger partial charge in [0.15, 0.2) is 5.16 Å². The van der Waals surface area contributed by atoms with Crippen LogP contribution in [0.1, 0.15) is 25.5 Å². The SMILES string of the molecule is CC(=O)Nc1cccc(-n2cnnc2SCC(=O)N(C)C(C)c2ccc(F)cc2)c1. The number of amides is 2. The Morgan fingerprint density at radius 1 is 1.23 bits per heavy atom. The fourth-order valence-corrected chi connectivity index (χ4v) is 3.70. The van der Waals surface area contributed by atoms with Gasteiger partial charge in [-0.3, -0.25) is 14.2 Å². The standard InChI is InChI=1S/C21H22FN5O2S/c1-14(16-7-9-17(22)10-8-16)26(3)20(29)12-30-21-25-23-13-27(21)19-6-4-5-18(11-19)24-15(2)28/h4-11,13-14H,12H2,1-3H3,(H,24,28). The molecule has 1 aromatic heterocycles. The second-order valence-electron chi connectivity index (χ2n) is 6.74. The summed E-state index contributed by atoms with van der Waals surface area (Å²) in [5.41, 5.74) is 2.29. The zero-order valence-electron chi connectivity index (χ0n) is 16.9. The molecule has 0 spiro atoms. The average Bonchev–Trinajstić information content (AvgIpc) is 3.20. The van der Waals surface area contributed by atoms with Crippen molar-refractivity contribution in [1.29, 1.82) is 0 Å². The van der Waals surface area contributed by atoms with E-state index in [0.717, 1.165) is 11.3 Å². The average molecular weight is 428 g/mol. The van der Waals surface area contributed by atoms with Crippen LogP contribution in [0.25, 0.3) is 5.69 Å². The Kier molecular flexibility index (Phi) is 6.83. The Morgan fingerprint density at radius 3 is 2.67 bits per heavy atom. The van der Waals surface area contributed by atoms with Crippen molar-refractivity contribution in [3.63, 3.8) is 0 Å².